The molecule has 0 aliphatic heterocycles. The first-order valence-electron chi connectivity index (χ1n) is 7.49. The molecular formula is C17H29N. The van der Waals surface area contributed by atoms with Crippen molar-refractivity contribution in [3.05, 3.63) is 35.4 Å². The summed E-state index contributed by atoms with van der Waals surface area (Å²) in [6.07, 6.45) is 4.85. The molecule has 0 bridgehead atoms. The lowest BCUT2D eigenvalue weighted by Crippen LogP contribution is -2.27. The van der Waals surface area contributed by atoms with Gasteiger partial charge in [-0.05, 0) is 49.8 Å². The predicted octanol–water partition coefficient (Wildman–Crippen LogP) is 4.52. The zero-order chi connectivity index (χ0) is 13.4. The summed E-state index contributed by atoms with van der Waals surface area (Å²) in [6, 6.07) is 9.80. The van der Waals surface area contributed by atoms with Crippen molar-refractivity contribution in [2.75, 3.05) is 6.54 Å². The van der Waals surface area contributed by atoms with Crippen LogP contribution in [0.4, 0.5) is 0 Å². The number of rotatable bonds is 8. The fourth-order valence-corrected chi connectivity index (χ4v) is 2.44. The van der Waals surface area contributed by atoms with Crippen LogP contribution in [-0.2, 0) is 6.42 Å². The van der Waals surface area contributed by atoms with Gasteiger partial charge in [0.15, 0.2) is 0 Å². The summed E-state index contributed by atoms with van der Waals surface area (Å²) < 4.78 is 0. The molecule has 0 saturated carbocycles. The summed E-state index contributed by atoms with van der Waals surface area (Å²) in [5.41, 5.74) is 2.94. The molecule has 102 valence electrons. The van der Waals surface area contributed by atoms with E-state index in [0.717, 1.165) is 6.54 Å². The molecular weight excluding hydrogens is 218 g/mol. The van der Waals surface area contributed by atoms with Gasteiger partial charge < -0.3 is 5.32 Å². The van der Waals surface area contributed by atoms with Gasteiger partial charge >= 0.3 is 0 Å². The van der Waals surface area contributed by atoms with Gasteiger partial charge in [-0.1, -0.05) is 51.5 Å². The number of nitrogens with one attached hydrogen (secondary N) is 1. The molecule has 2 unspecified atom stereocenters. The van der Waals surface area contributed by atoms with Crippen molar-refractivity contribution < 1.29 is 0 Å². The molecule has 0 aliphatic rings. The van der Waals surface area contributed by atoms with E-state index in [9.17, 15) is 0 Å². The second-order valence-electron chi connectivity index (χ2n) is 5.48. The summed E-state index contributed by atoms with van der Waals surface area (Å²) in [5.74, 6) is 0.639. The zero-order valence-corrected chi connectivity index (χ0v) is 12.5. The van der Waals surface area contributed by atoms with Gasteiger partial charge in [-0.25, -0.2) is 0 Å². The van der Waals surface area contributed by atoms with Gasteiger partial charge in [0.05, 0.1) is 0 Å². The average Bonchev–Trinajstić information content (AvgIpc) is 2.37. The molecule has 1 aromatic carbocycles. The van der Waals surface area contributed by atoms with Crippen molar-refractivity contribution in [1.29, 1.82) is 0 Å². The monoisotopic (exact) mass is 247 g/mol. The zero-order valence-electron chi connectivity index (χ0n) is 12.5. The number of hydrogen-bond acceptors (Lipinski definition) is 1. The van der Waals surface area contributed by atoms with Crippen molar-refractivity contribution in [2.24, 2.45) is 0 Å². The molecule has 1 rings (SSSR count). The van der Waals surface area contributed by atoms with Crippen LogP contribution in [0.3, 0.4) is 0 Å². The van der Waals surface area contributed by atoms with Crippen molar-refractivity contribution in [1.82, 2.24) is 5.32 Å². The summed E-state index contributed by atoms with van der Waals surface area (Å²) in [4.78, 5) is 0. The smallest absolute Gasteiger partial charge is 0.00444 e. The third kappa shape index (κ3) is 5.22. The van der Waals surface area contributed by atoms with Gasteiger partial charge in [0.1, 0.15) is 0 Å². The van der Waals surface area contributed by atoms with Gasteiger partial charge in [0.2, 0.25) is 0 Å². The van der Waals surface area contributed by atoms with Crippen LogP contribution in [0.25, 0.3) is 0 Å². The third-order valence-corrected chi connectivity index (χ3v) is 3.54. The van der Waals surface area contributed by atoms with E-state index < -0.39 is 0 Å². The van der Waals surface area contributed by atoms with Crippen molar-refractivity contribution in [3.8, 4) is 0 Å². The summed E-state index contributed by atoms with van der Waals surface area (Å²) in [6.45, 7) is 10.2. The summed E-state index contributed by atoms with van der Waals surface area (Å²) >= 11 is 0. The number of benzene rings is 1. The maximum Gasteiger partial charge on any atom is 0.00444 e. The normalized spacial score (nSPS) is 14.4. The Labute approximate surface area is 113 Å². The molecule has 0 aliphatic carbocycles. The average molecular weight is 247 g/mol. The minimum Gasteiger partial charge on any atom is -0.314 e. The second-order valence-corrected chi connectivity index (χ2v) is 5.48. The van der Waals surface area contributed by atoms with Gasteiger partial charge in [-0.15, -0.1) is 0 Å². The SMILES string of the molecule is CCCNC(C)CC(C)c1ccc(CCC)cc1. The van der Waals surface area contributed by atoms with Gasteiger partial charge in [0, 0.05) is 6.04 Å². The van der Waals surface area contributed by atoms with Crippen molar-refractivity contribution >= 4 is 0 Å². The van der Waals surface area contributed by atoms with E-state index in [1.165, 1.54) is 36.8 Å². The van der Waals surface area contributed by atoms with E-state index >= 15 is 0 Å². The lowest BCUT2D eigenvalue weighted by Gasteiger charge is -2.19. The van der Waals surface area contributed by atoms with E-state index in [1.54, 1.807) is 0 Å². The Kier molecular flexibility index (Phi) is 7.04. The molecule has 1 N–H and O–H groups in total. The molecule has 1 heteroatoms. The van der Waals surface area contributed by atoms with E-state index in [2.05, 4.69) is 57.3 Å². The van der Waals surface area contributed by atoms with Gasteiger partial charge in [-0.2, -0.15) is 0 Å². The molecule has 18 heavy (non-hydrogen) atoms. The summed E-state index contributed by atoms with van der Waals surface area (Å²) in [5, 5.41) is 3.56. The maximum atomic E-state index is 3.56. The number of hydrogen-bond donors (Lipinski definition) is 1. The van der Waals surface area contributed by atoms with Crippen LogP contribution in [0.2, 0.25) is 0 Å². The van der Waals surface area contributed by atoms with Gasteiger partial charge in [-0.3, -0.25) is 0 Å². The molecule has 2 atom stereocenters. The van der Waals surface area contributed by atoms with E-state index in [4.69, 9.17) is 0 Å². The fraction of sp³-hybridized carbons (Fsp3) is 0.647. The van der Waals surface area contributed by atoms with Crippen molar-refractivity contribution in [3.63, 3.8) is 0 Å². The Morgan fingerprint density at radius 3 is 2.22 bits per heavy atom. The predicted molar refractivity (Wildman–Crippen MR) is 81.2 cm³/mol. The van der Waals surface area contributed by atoms with Crippen molar-refractivity contribution in [2.45, 2.75) is 65.3 Å². The lowest BCUT2D eigenvalue weighted by atomic mass is 9.93. The largest absolute Gasteiger partial charge is 0.314 e. The van der Waals surface area contributed by atoms with E-state index in [-0.39, 0.29) is 0 Å². The fourth-order valence-electron chi connectivity index (χ4n) is 2.44. The van der Waals surface area contributed by atoms with Crippen LogP contribution in [-0.4, -0.2) is 12.6 Å². The van der Waals surface area contributed by atoms with Gasteiger partial charge in [0.25, 0.3) is 0 Å². The Morgan fingerprint density at radius 1 is 1.00 bits per heavy atom. The Morgan fingerprint density at radius 2 is 1.67 bits per heavy atom. The first-order chi connectivity index (χ1) is 8.67. The minimum atomic E-state index is 0.607. The molecule has 0 aromatic heterocycles. The molecule has 0 fully saturated rings. The molecule has 0 heterocycles. The molecule has 1 nitrogen and oxygen atoms in total. The van der Waals surface area contributed by atoms with Crippen LogP contribution in [0.15, 0.2) is 24.3 Å². The highest BCUT2D eigenvalue weighted by atomic mass is 14.9. The van der Waals surface area contributed by atoms with E-state index in [0.29, 0.717) is 12.0 Å². The van der Waals surface area contributed by atoms with Crippen LogP contribution in [0.1, 0.15) is 64.0 Å². The highest BCUT2D eigenvalue weighted by molar-refractivity contribution is 5.25. The Bertz CT molecular complexity index is 315. The quantitative estimate of drug-likeness (QED) is 0.712. The molecule has 1 aromatic rings. The topological polar surface area (TPSA) is 12.0 Å². The number of aryl methyl sites for hydroxylation is 1. The first kappa shape index (κ1) is 15.2. The highest BCUT2D eigenvalue weighted by Crippen LogP contribution is 2.21. The molecule has 0 radical (unpaired) electrons. The van der Waals surface area contributed by atoms with Crippen LogP contribution in [0, 0.1) is 0 Å². The van der Waals surface area contributed by atoms with E-state index in [1.807, 2.05) is 0 Å². The standard InChI is InChI=1S/C17H29N/c1-5-7-16-8-10-17(11-9-16)14(3)13-15(4)18-12-6-2/h8-11,14-15,18H,5-7,12-13H2,1-4H3. The summed E-state index contributed by atoms with van der Waals surface area (Å²) in [7, 11) is 0. The third-order valence-electron chi connectivity index (χ3n) is 3.54. The second kappa shape index (κ2) is 8.31. The lowest BCUT2D eigenvalue weighted by molar-refractivity contribution is 0.479. The maximum absolute atomic E-state index is 3.56. The van der Waals surface area contributed by atoms with Crippen LogP contribution in [0.5, 0.6) is 0 Å². The molecule has 0 saturated heterocycles. The molecule has 0 spiro atoms. The Balaban J connectivity index is 2.47. The van der Waals surface area contributed by atoms with Crippen LogP contribution < -0.4 is 5.32 Å². The molecule has 0 amide bonds. The minimum absolute atomic E-state index is 0.607. The first-order valence-corrected chi connectivity index (χ1v) is 7.49. The van der Waals surface area contributed by atoms with Crippen LogP contribution >= 0.6 is 0 Å². The Hall–Kier alpha value is -0.820. The highest BCUT2D eigenvalue weighted by Gasteiger charge is 2.10.